The lowest BCUT2D eigenvalue weighted by atomic mass is 10.0. The van der Waals surface area contributed by atoms with Gasteiger partial charge < -0.3 is 4.42 Å². The molecule has 0 bridgehead atoms. The monoisotopic (exact) mass is 423 g/mol. The second-order valence-corrected chi connectivity index (χ2v) is 8.95. The summed E-state index contributed by atoms with van der Waals surface area (Å²) in [5.74, 6) is 0.464. The Balaban J connectivity index is 1.67. The number of hydrogen-bond acceptors (Lipinski definition) is 5. The van der Waals surface area contributed by atoms with Gasteiger partial charge in [0, 0.05) is 17.7 Å². The van der Waals surface area contributed by atoms with Crippen molar-refractivity contribution in [2.75, 3.05) is 11.0 Å². The summed E-state index contributed by atoms with van der Waals surface area (Å²) in [5.41, 5.74) is 3.47. The summed E-state index contributed by atoms with van der Waals surface area (Å²) < 4.78 is 30.8. The highest BCUT2D eigenvalue weighted by Gasteiger charge is 2.35. The number of benzene rings is 2. The number of carbonyl (C=O) groups excluding carboxylic acids is 1. The fourth-order valence-electron chi connectivity index (χ4n) is 3.46. The molecular formula is C22H21N3O4S. The molecule has 1 amide bonds. The van der Waals surface area contributed by atoms with E-state index in [0.29, 0.717) is 23.4 Å². The third kappa shape index (κ3) is 4.13. The zero-order valence-electron chi connectivity index (χ0n) is 16.6. The van der Waals surface area contributed by atoms with Crippen LogP contribution < -0.4 is 4.72 Å². The normalized spacial score (nSPS) is 16.4. The Hall–Kier alpha value is -3.39. The van der Waals surface area contributed by atoms with Crippen molar-refractivity contribution in [3.05, 3.63) is 89.4 Å². The molecule has 2 heterocycles. The second kappa shape index (κ2) is 7.79. The fraction of sp³-hybridized carbons (Fsp3) is 0.182. The minimum atomic E-state index is -3.35. The van der Waals surface area contributed by atoms with Crippen LogP contribution in [0.25, 0.3) is 0 Å². The average molecular weight is 423 g/mol. The van der Waals surface area contributed by atoms with Crippen molar-refractivity contribution >= 4 is 27.3 Å². The van der Waals surface area contributed by atoms with Crippen LogP contribution in [0.15, 0.2) is 76.4 Å². The molecule has 0 aliphatic carbocycles. The molecule has 1 aliphatic heterocycles. The van der Waals surface area contributed by atoms with Crippen LogP contribution in [0.2, 0.25) is 0 Å². The lowest BCUT2D eigenvalue weighted by molar-refractivity contribution is 0.0692. The first-order chi connectivity index (χ1) is 14.3. The van der Waals surface area contributed by atoms with E-state index >= 15 is 0 Å². The van der Waals surface area contributed by atoms with Gasteiger partial charge in [0.1, 0.15) is 11.8 Å². The second-order valence-electron chi connectivity index (χ2n) is 7.20. The van der Waals surface area contributed by atoms with Gasteiger partial charge in [0.05, 0.1) is 18.2 Å². The molecule has 0 saturated carbocycles. The third-order valence-corrected chi connectivity index (χ3v) is 5.49. The first-order valence-corrected chi connectivity index (χ1v) is 11.3. The van der Waals surface area contributed by atoms with Crippen molar-refractivity contribution in [1.29, 1.82) is 0 Å². The number of anilines is 1. The minimum Gasteiger partial charge on any atom is -0.467 e. The number of nitrogens with one attached hydrogen (secondary N) is 1. The number of carbonyl (C=O) groups is 1. The van der Waals surface area contributed by atoms with E-state index in [1.54, 1.807) is 42.7 Å². The standard InChI is InChI=1S/C22H21N3O4S/c1-15-6-3-4-7-18(15)22(26)25-20(21-8-5-13-29-21)14-19(23-25)16-9-11-17(12-10-16)24-30(2,27)28/h3-13,20,24H,14H2,1-2H3/t20-/m1/s1. The van der Waals surface area contributed by atoms with E-state index in [1.165, 1.54) is 5.01 Å². The summed E-state index contributed by atoms with van der Waals surface area (Å²) in [6.07, 6.45) is 3.17. The molecule has 0 radical (unpaired) electrons. The Kier molecular flexibility index (Phi) is 5.17. The highest BCUT2D eigenvalue weighted by molar-refractivity contribution is 7.92. The van der Waals surface area contributed by atoms with Gasteiger partial charge in [0.25, 0.3) is 5.91 Å². The number of amides is 1. The molecule has 0 saturated heterocycles. The van der Waals surface area contributed by atoms with Gasteiger partial charge in [-0.3, -0.25) is 9.52 Å². The van der Waals surface area contributed by atoms with E-state index in [2.05, 4.69) is 9.82 Å². The smallest absolute Gasteiger partial charge is 0.274 e. The maximum Gasteiger partial charge on any atom is 0.274 e. The zero-order valence-corrected chi connectivity index (χ0v) is 17.4. The summed E-state index contributed by atoms with van der Waals surface area (Å²) >= 11 is 0. The van der Waals surface area contributed by atoms with Crippen LogP contribution in [-0.2, 0) is 10.0 Å². The maximum absolute atomic E-state index is 13.3. The predicted molar refractivity (Wildman–Crippen MR) is 115 cm³/mol. The van der Waals surface area contributed by atoms with E-state index in [1.807, 2.05) is 31.2 Å². The largest absolute Gasteiger partial charge is 0.467 e. The van der Waals surface area contributed by atoms with Gasteiger partial charge in [0.15, 0.2) is 0 Å². The highest BCUT2D eigenvalue weighted by atomic mass is 32.2. The van der Waals surface area contributed by atoms with Crippen LogP contribution in [-0.4, -0.2) is 31.3 Å². The lowest BCUT2D eigenvalue weighted by Crippen LogP contribution is -2.27. The fourth-order valence-corrected chi connectivity index (χ4v) is 4.02. The van der Waals surface area contributed by atoms with E-state index in [0.717, 1.165) is 23.1 Å². The molecule has 1 aliphatic rings. The molecule has 154 valence electrons. The predicted octanol–water partition coefficient (Wildman–Crippen LogP) is 3.95. The Bertz CT molecular complexity index is 1200. The van der Waals surface area contributed by atoms with Gasteiger partial charge in [-0.05, 0) is 48.4 Å². The molecule has 0 fully saturated rings. The van der Waals surface area contributed by atoms with Gasteiger partial charge in [0.2, 0.25) is 10.0 Å². The molecule has 7 nitrogen and oxygen atoms in total. The van der Waals surface area contributed by atoms with Crippen LogP contribution in [0.4, 0.5) is 5.69 Å². The Morgan fingerprint density at radius 2 is 1.83 bits per heavy atom. The molecule has 1 atom stereocenters. The Morgan fingerprint density at radius 1 is 1.10 bits per heavy atom. The van der Waals surface area contributed by atoms with Crippen molar-refractivity contribution in [2.45, 2.75) is 19.4 Å². The van der Waals surface area contributed by atoms with Gasteiger partial charge in [-0.2, -0.15) is 5.10 Å². The van der Waals surface area contributed by atoms with Crippen molar-refractivity contribution < 1.29 is 17.6 Å². The van der Waals surface area contributed by atoms with E-state index in [-0.39, 0.29) is 11.9 Å². The number of rotatable bonds is 5. The quantitative estimate of drug-likeness (QED) is 0.673. The first kappa shape index (κ1) is 19.9. The van der Waals surface area contributed by atoms with Crippen LogP contribution in [0.1, 0.15) is 39.7 Å². The minimum absolute atomic E-state index is 0.195. The van der Waals surface area contributed by atoms with Crippen molar-refractivity contribution in [3.63, 3.8) is 0 Å². The van der Waals surface area contributed by atoms with Gasteiger partial charge in [-0.15, -0.1) is 0 Å². The molecule has 30 heavy (non-hydrogen) atoms. The summed E-state index contributed by atoms with van der Waals surface area (Å²) in [6.45, 7) is 1.89. The Labute approximate surface area is 175 Å². The number of sulfonamides is 1. The summed E-state index contributed by atoms with van der Waals surface area (Å²) in [4.78, 5) is 13.3. The van der Waals surface area contributed by atoms with Crippen molar-refractivity contribution in [1.82, 2.24) is 5.01 Å². The van der Waals surface area contributed by atoms with Crippen LogP contribution >= 0.6 is 0 Å². The lowest BCUT2D eigenvalue weighted by Gasteiger charge is -2.20. The van der Waals surface area contributed by atoms with Gasteiger partial charge in [-0.1, -0.05) is 30.3 Å². The first-order valence-electron chi connectivity index (χ1n) is 9.40. The average Bonchev–Trinajstić information content (AvgIpc) is 3.37. The van der Waals surface area contributed by atoms with Crippen LogP contribution in [0.5, 0.6) is 0 Å². The summed E-state index contributed by atoms with van der Waals surface area (Å²) in [5, 5.41) is 6.09. The number of nitrogens with zero attached hydrogens (tertiary/aromatic N) is 2. The molecule has 4 rings (SSSR count). The van der Waals surface area contributed by atoms with Crippen LogP contribution in [0.3, 0.4) is 0 Å². The molecular weight excluding hydrogens is 402 g/mol. The maximum atomic E-state index is 13.3. The third-order valence-electron chi connectivity index (χ3n) is 4.89. The topological polar surface area (TPSA) is 92.0 Å². The number of furan rings is 1. The SMILES string of the molecule is Cc1ccccc1C(=O)N1N=C(c2ccc(NS(C)(=O)=O)cc2)C[C@@H]1c1ccco1. The van der Waals surface area contributed by atoms with E-state index in [9.17, 15) is 13.2 Å². The van der Waals surface area contributed by atoms with Crippen LogP contribution in [0, 0.1) is 6.92 Å². The molecule has 3 aromatic rings. The number of hydrazone groups is 1. The van der Waals surface area contributed by atoms with Gasteiger partial charge >= 0.3 is 0 Å². The molecule has 8 heteroatoms. The molecule has 0 unspecified atom stereocenters. The van der Waals surface area contributed by atoms with E-state index in [4.69, 9.17) is 4.42 Å². The van der Waals surface area contributed by atoms with Crippen molar-refractivity contribution in [3.8, 4) is 0 Å². The van der Waals surface area contributed by atoms with Crippen molar-refractivity contribution in [2.24, 2.45) is 5.10 Å². The molecule has 0 spiro atoms. The Morgan fingerprint density at radius 3 is 2.47 bits per heavy atom. The molecule has 2 aromatic carbocycles. The molecule has 1 N–H and O–H groups in total. The summed E-state index contributed by atoms with van der Waals surface area (Å²) in [6, 6.07) is 17.6. The summed E-state index contributed by atoms with van der Waals surface area (Å²) in [7, 11) is -3.35. The number of hydrogen-bond donors (Lipinski definition) is 1. The van der Waals surface area contributed by atoms with E-state index < -0.39 is 10.0 Å². The highest BCUT2D eigenvalue weighted by Crippen LogP contribution is 2.34. The van der Waals surface area contributed by atoms with Gasteiger partial charge in [-0.25, -0.2) is 13.4 Å². The molecule has 1 aromatic heterocycles. The number of aryl methyl sites for hydroxylation is 1. The zero-order chi connectivity index (χ0) is 21.3.